The van der Waals surface area contributed by atoms with Gasteiger partial charge >= 0.3 is 0 Å². The molecule has 3 heterocycles. The molecule has 0 amide bonds. The predicted octanol–water partition coefficient (Wildman–Crippen LogP) is 1.74. The number of rotatable bonds is 3. The molecule has 3 rings (SSSR count). The van der Waals surface area contributed by atoms with Crippen molar-refractivity contribution >= 4 is 27.6 Å². The van der Waals surface area contributed by atoms with Crippen molar-refractivity contribution in [3.05, 3.63) is 30.0 Å². The summed E-state index contributed by atoms with van der Waals surface area (Å²) in [6, 6.07) is 1.98. The SMILES string of the molecule is Cc1nsc2ncnc(NCc3ccn(C)n3)c12. The van der Waals surface area contributed by atoms with Gasteiger partial charge in [0.15, 0.2) is 0 Å². The van der Waals surface area contributed by atoms with Crippen molar-refractivity contribution in [2.75, 3.05) is 5.32 Å². The van der Waals surface area contributed by atoms with Crippen LogP contribution in [0, 0.1) is 6.92 Å². The third-order valence-corrected chi connectivity index (χ3v) is 3.50. The van der Waals surface area contributed by atoms with Gasteiger partial charge in [-0.2, -0.15) is 9.47 Å². The quantitative estimate of drug-likeness (QED) is 0.777. The normalized spacial score (nSPS) is 11.0. The molecule has 0 aliphatic carbocycles. The monoisotopic (exact) mass is 260 g/mol. The molecule has 18 heavy (non-hydrogen) atoms. The van der Waals surface area contributed by atoms with E-state index >= 15 is 0 Å². The summed E-state index contributed by atoms with van der Waals surface area (Å²) in [7, 11) is 1.90. The Labute approximate surface area is 108 Å². The molecule has 92 valence electrons. The van der Waals surface area contributed by atoms with Crippen LogP contribution in [-0.4, -0.2) is 24.1 Å². The molecule has 0 fully saturated rings. The Morgan fingerprint density at radius 2 is 2.28 bits per heavy atom. The van der Waals surface area contributed by atoms with Gasteiger partial charge in [0.05, 0.1) is 23.3 Å². The minimum atomic E-state index is 0.641. The summed E-state index contributed by atoms with van der Waals surface area (Å²) in [5, 5.41) is 8.60. The summed E-state index contributed by atoms with van der Waals surface area (Å²) in [6.45, 7) is 2.61. The number of hydrogen-bond acceptors (Lipinski definition) is 6. The first kappa shape index (κ1) is 11.1. The molecule has 0 aliphatic heterocycles. The van der Waals surface area contributed by atoms with Crippen LogP contribution >= 0.6 is 11.5 Å². The molecule has 0 spiro atoms. The van der Waals surface area contributed by atoms with E-state index in [1.165, 1.54) is 11.5 Å². The van der Waals surface area contributed by atoms with Crippen LogP contribution in [0.5, 0.6) is 0 Å². The lowest BCUT2D eigenvalue weighted by Gasteiger charge is -2.04. The van der Waals surface area contributed by atoms with Crippen molar-refractivity contribution in [2.45, 2.75) is 13.5 Å². The van der Waals surface area contributed by atoms with Gasteiger partial charge in [0.2, 0.25) is 0 Å². The van der Waals surface area contributed by atoms with Gasteiger partial charge in [-0.1, -0.05) is 0 Å². The van der Waals surface area contributed by atoms with Crippen molar-refractivity contribution in [3.63, 3.8) is 0 Å². The summed E-state index contributed by atoms with van der Waals surface area (Å²) < 4.78 is 6.08. The van der Waals surface area contributed by atoms with Crippen LogP contribution < -0.4 is 5.32 Å². The van der Waals surface area contributed by atoms with Crippen molar-refractivity contribution in [1.82, 2.24) is 24.1 Å². The standard InChI is InChI=1S/C11H12N6S/c1-7-9-10(13-6-14-11(9)18-16-7)12-5-8-3-4-17(2)15-8/h3-4,6H,5H2,1-2H3,(H,12,13,14). The molecule has 6 nitrogen and oxygen atoms in total. The molecule has 0 atom stereocenters. The molecular formula is C11H12N6S. The number of aryl methyl sites for hydroxylation is 2. The minimum Gasteiger partial charge on any atom is -0.364 e. The van der Waals surface area contributed by atoms with E-state index < -0.39 is 0 Å². The Morgan fingerprint density at radius 1 is 1.39 bits per heavy atom. The zero-order valence-corrected chi connectivity index (χ0v) is 10.9. The van der Waals surface area contributed by atoms with Gasteiger partial charge in [0, 0.05) is 13.2 Å². The molecule has 1 N–H and O–H groups in total. The number of aromatic nitrogens is 5. The Balaban J connectivity index is 1.88. The molecule has 0 saturated carbocycles. The Hall–Kier alpha value is -2.02. The van der Waals surface area contributed by atoms with Crippen LogP contribution in [0.15, 0.2) is 18.6 Å². The van der Waals surface area contributed by atoms with Gasteiger partial charge in [-0.25, -0.2) is 9.97 Å². The van der Waals surface area contributed by atoms with E-state index in [-0.39, 0.29) is 0 Å². The van der Waals surface area contributed by atoms with Crippen LogP contribution in [0.1, 0.15) is 11.4 Å². The number of nitrogens with one attached hydrogen (secondary N) is 1. The third kappa shape index (κ3) is 1.92. The Kier molecular flexibility index (Phi) is 2.67. The molecule has 3 aromatic rings. The van der Waals surface area contributed by atoms with Crippen molar-refractivity contribution in [1.29, 1.82) is 0 Å². The number of hydrogen-bond donors (Lipinski definition) is 1. The largest absolute Gasteiger partial charge is 0.364 e. The summed E-state index contributed by atoms with van der Waals surface area (Å²) in [5.41, 5.74) is 1.93. The number of fused-ring (bicyclic) bond motifs is 1. The van der Waals surface area contributed by atoms with Gasteiger partial charge in [0.1, 0.15) is 17.0 Å². The molecule has 0 radical (unpaired) electrons. The average molecular weight is 260 g/mol. The highest BCUT2D eigenvalue weighted by atomic mass is 32.1. The second-order valence-electron chi connectivity index (χ2n) is 4.00. The highest BCUT2D eigenvalue weighted by Crippen LogP contribution is 2.25. The molecule has 7 heteroatoms. The van der Waals surface area contributed by atoms with E-state index in [0.29, 0.717) is 6.54 Å². The third-order valence-electron chi connectivity index (χ3n) is 2.65. The van der Waals surface area contributed by atoms with Gasteiger partial charge in [-0.05, 0) is 24.5 Å². The molecule has 0 aromatic carbocycles. The minimum absolute atomic E-state index is 0.641. The van der Waals surface area contributed by atoms with Crippen LogP contribution in [-0.2, 0) is 13.6 Å². The van der Waals surface area contributed by atoms with E-state index in [1.807, 2.05) is 26.2 Å². The van der Waals surface area contributed by atoms with Gasteiger partial charge in [0.25, 0.3) is 0 Å². The fraction of sp³-hybridized carbons (Fsp3) is 0.273. The van der Waals surface area contributed by atoms with Gasteiger partial charge in [-0.3, -0.25) is 4.68 Å². The lowest BCUT2D eigenvalue weighted by atomic mass is 10.3. The molecular weight excluding hydrogens is 248 g/mol. The van der Waals surface area contributed by atoms with Crippen LogP contribution in [0.4, 0.5) is 5.82 Å². The van der Waals surface area contributed by atoms with Crippen LogP contribution in [0.25, 0.3) is 10.2 Å². The summed E-state index contributed by atoms with van der Waals surface area (Å²) in [5.74, 6) is 0.817. The van der Waals surface area contributed by atoms with Crippen LogP contribution in [0.2, 0.25) is 0 Å². The van der Waals surface area contributed by atoms with E-state index in [1.54, 1.807) is 11.0 Å². The number of anilines is 1. The second-order valence-corrected chi connectivity index (χ2v) is 4.76. The lowest BCUT2D eigenvalue weighted by molar-refractivity contribution is 0.747. The lowest BCUT2D eigenvalue weighted by Crippen LogP contribution is -2.03. The van der Waals surface area contributed by atoms with Crippen molar-refractivity contribution in [2.24, 2.45) is 7.05 Å². The zero-order valence-electron chi connectivity index (χ0n) is 10.1. The Bertz CT molecular complexity index is 686. The highest BCUT2D eigenvalue weighted by Gasteiger charge is 2.09. The number of nitrogens with zero attached hydrogens (tertiary/aromatic N) is 5. The first-order valence-electron chi connectivity index (χ1n) is 5.53. The van der Waals surface area contributed by atoms with Crippen LogP contribution in [0.3, 0.4) is 0 Å². The molecule has 0 saturated heterocycles. The maximum atomic E-state index is 4.31. The zero-order chi connectivity index (χ0) is 12.5. The van der Waals surface area contributed by atoms with E-state index in [4.69, 9.17) is 0 Å². The molecule has 3 aromatic heterocycles. The second kappa shape index (κ2) is 4.34. The van der Waals surface area contributed by atoms with Gasteiger partial charge in [-0.15, -0.1) is 0 Å². The van der Waals surface area contributed by atoms with Crippen molar-refractivity contribution < 1.29 is 0 Å². The topological polar surface area (TPSA) is 68.5 Å². The maximum absolute atomic E-state index is 4.31. The maximum Gasteiger partial charge on any atom is 0.149 e. The molecule has 0 aliphatic rings. The smallest absolute Gasteiger partial charge is 0.149 e. The summed E-state index contributed by atoms with van der Waals surface area (Å²) in [4.78, 5) is 9.39. The van der Waals surface area contributed by atoms with E-state index in [2.05, 4.69) is 24.8 Å². The highest BCUT2D eigenvalue weighted by molar-refractivity contribution is 7.13. The first-order chi connectivity index (χ1) is 8.74. The Morgan fingerprint density at radius 3 is 3.06 bits per heavy atom. The predicted molar refractivity (Wildman–Crippen MR) is 70.5 cm³/mol. The fourth-order valence-corrected chi connectivity index (χ4v) is 2.53. The first-order valence-corrected chi connectivity index (χ1v) is 6.31. The molecule has 0 unspecified atom stereocenters. The van der Waals surface area contributed by atoms with E-state index in [9.17, 15) is 0 Å². The molecule has 0 bridgehead atoms. The van der Waals surface area contributed by atoms with Gasteiger partial charge < -0.3 is 5.32 Å². The summed E-state index contributed by atoms with van der Waals surface area (Å²) >= 11 is 1.39. The summed E-state index contributed by atoms with van der Waals surface area (Å²) in [6.07, 6.45) is 3.48. The van der Waals surface area contributed by atoms with Crippen molar-refractivity contribution in [3.8, 4) is 0 Å². The average Bonchev–Trinajstić information content (AvgIpc) is 2.94. The van der Waals surface area contributed by atoms with E-state index in [0.717, 1.165) is 27.4 Å². The fourth-order valence-electron chi connectivity index (χ4n) is 1.79.